The molecule has 0 aliphatic carbocycles. The number of carbonyl (C=O) groups is 1. The molecule has 33 heavy (non-hydrogen) atoms. The Labute approximate surface area is 194 Å². The number of nitrogens with one attached hydrogen (secondary N) is 1. The number of nitrogens with two attached hydrogens (primary N) is 1. The van der Waals surface area contributed by atoms with Crippen LogP contribution in [-0.2, 0) is 17.1 Å². The van der Waals surface area contributed by atoms with Crippen molar-refractivity contribution in [2.75, 3.05) is 37.6 Å². The number of anilines is 1. The van der Waals surface area contributed by atoms with Crippen molar-refractivity contribution < 1.29 is 13.2 Å². The maximum atomic E-state index is 13.3. The van der Waals surface area contributed by atoms with Gasteiger partial charge < -0.3 is 15.2 Å². The van der Waals surface area contributed by atoms with Crippen LogP contribution in [0.4, 0.5) is 10.5 Å². The summed E-state index contributed by atoms with van der Waals surface area (Å²) in [5.41, 5.74) is 6.95. The third kappa shape index (κ3) is 4.74. The molecule has 3 heterocycles. The molecule has 2 aliphatic rings. The standard InChI is InChI=1S/C22H31N7O3S/c1-16-12-27(22(30)29(13-16)19-5-3-4-18(10-19)21(23)24)14-17-6-8-28(9-7-17)33(31,32)20-11-25-15-26(20)2/h3-5,10-11,15-17H,6-9,12-14H2,1-2H3,(H3,23,24). The lowest BCUT2D eigenvalue weighted by Crippen LogP contribution is -2.55. The quantitative estimate of drug-likeness (QED) is 0.487. The number of rotatable bonds is 6. The second kappa shape index (κ2) is 9.14. The zero-order chi connectivity index (χ0) is 23.8. The molecule has 0 saturated carbocycles. The lowest BCUT2D eigenvalue weighted by molar-refractivity contribution is 0.154. The fraction of sp³-hybridized carbons (Fsp3) is 0.500. The number of benzene rings is 1. The molecule has 2 aromatic rings. The molecule has 2 aliphatic heterocycles. The van der Waals surface area contributed by atoms with E-state index in [9.17, 15) is 13.2 Å². The predicted molar refractivity (Wildman–Crippen MR) is 126 cm³/mol. The molecule has 0 bridgehead atoms. The van der Waals surface area contributed by atoms with Gasteiger partial charge in [-0.25, -0.2) is 18.2 Å². The molecule has 0 radical (unpaired) electrons. The number of hydrogen-bond acceptors (Lipinski definition) is 5. The molecule has 2 fully saturated rings. The first-order valence-electron chi connectivity index (χ1n) is 11.1. The Morgan fingerprint density at radius 3 is 2.61 bits per heavy atom. The molecule has 1 atom stereocenters. The highest BCUT2D eigenvalue weighted by molar-refractivity contribution is 7.89. The predicted octanol–water partition coefficient (Wildman–Crippen LogP) is 1.68. The zero-order valence-corrected chi connectivity index (χ0v) is 19.8. The highest BCUT2D eigenvalue weighted by Crippen LogP contribution is 2.28. The second-order valence-electron chi connectivity index (χ2n) is 9.06. The van der Waals surface area contributed by atoms with Gasteiger partial charge in [0.25, 0.3) is 10.0 Å². The Hall–Kier alpha value is -2.92. The number of amides is 2. The van der Waals surface area contributed by atoms with Crippen molar-refractivity contribution in [3.8, 4) is 0 Å². The fourth-order valence-electron chi connectivity index (χ4n) is 4.65. The van der Waals surface area contributed by atoms with Crippen LogP contribution in [-0.4, -0.2) is 71.8 Å². The topological polar surface area (TPSA) is 129 Å². The van der Waals surface area contributed by atoms with Gasteiger partial charge in [-0.3, -0.25) is 10.3 Å². The number of urea groups is 1. The van der Waals surface area contributed by atoms with Gasteiger partial charge >= 0.3 is 6.03 Å². The first-order valence-corrected chi connectivity index (χ1v) is 12.6. The maximum absolute atomic E-state index is 13.3. The van der Waals surface area contributed by atoms with E-state index in [-0.39, 0.29) is 28.7 Å². The van der Waals surface area contributed by atoms with E-state index in [1.54, 1.807) is 30.1 Å². The van der Waals surface area contributed by atoms with Gasteiger partial charge in [-0.15, -0.1) is 0 Å². The molecule has 1 unspecified atom stereocenters. The number of piperidine rings is 1. The van der Waals surface area contributed by atoms with Crippen LogP contribution in [0.1, 0.15) is 25.3 Å². The molecule has 1 aromatic carbocycles. The summed E-state index contributed by atoms with van der Waals surface area (Å²) in [6.45, 7) is 4.86. The van der Waals surface area contributed by atoms with E-state index in [4.69, 9.17) is 11.1 Å². The number of sulfonamides is 1. The average Bonchev–Trinajstić information content (AvgIpc) is 3.23. The largest absolute Gasteiger partial charge is 0.384 e. The third-order valence-corrected chi connectivity index (χ3v) is 8.39. The number of aromatic nitrogens is 2. The number of amidine groups is 1. The smallest absolute Gasteiger partial charge is 0.324 e. The normalized spacial score (nSPS) is 20.9. The SMILES string of the molecule is CC1CN(CC2CCN(S(=O)(=O)c3cncn3C)CC2)C(=O)N(c2cccc(C(=N)N)c2)C1. The highest BCUT2D eigenvalue weighted by atomic mass is 32.2. The zero-order valence-electron chi connectivity index (χ0n) is 19.0. The monoisotopic (exact) mass is 473 g/mol. The molecule has 2 saturated heterocycles. The summed E-state index contributed by atoms with van der Waals surface area (Å²) in [5, 5.41) is 7.87. The second-order valence-corrected chi connectivity index (χ2v) is 10.9. The van der Waals surface area contributed by atoms with Gasteiger partial charge in [-0.2, -0.15) is 4.31 Å². The Morgan fingerprint density at radius 2 is 1.97 bits per heavy atom. The van der Waals surface area contributed by atoms with Crippen LogP contribution in [0.25, 0.3) is 0 Å². The van der Waals surface area contributed by atoms with Gasteiger partial charge in [0.2, 0.25) is 0 Å². The summed E-state index contributed by atoms with van der Waals surface area (Å²) >= 11 is 0. The minimum absolute atomic E-state index is 0.0287. The van der Waals surface area contributed by atoms with Gasteiger partial charge in [-0.05, 0) is 36.8 Å². The number of hydrogen-bond donors (Lipinski definition) is 2. The first kappa shape index (κ1) is 23.2. The molecule has 4 rings (SSSR count). The third-order valence-electron chi connectivity index (χ3n) is 6.43. The van der Waals surface area contributed by atoms with Crippen LogP contribution in [0.3, 0.4) is 0 Å². The van der Waals surface area contributed by atoms with E-state index >= 15 is 0 Å². The summed E-state index contributed by atoms with van der Waals surface area (Å²) in [6, 6.07) is 7.15. The Balaban J connectivity index is 1.41. The van der Waals surface area contributed by atoms with Crippen LogP contribution in [0.5, 0.6) is 0 Å². The van der Waals surface area contributed by atoms with E-state index in [0.717, 1.165) is 5.69 Å². The van der Waals surface area contributed by atoms with Crippen LogP contribution >= 0.6 is 0 Å². The van der Waals surface area contributed by atoms with E-state index < -0.39 is 10.0 Å². The molecule has 10 nitrogen and oxygen atoms in total. The summed E-state index contributed by atoms with van der Waals surface area (Å²) in [6.07, 6.45) is 4.27. The summed E-state index contributed by atoms with van der Waals surface area (Å²) in [4.78, 5) is 20.9. The first-order chi connectivity index (χ1) is 15.7. The summed E-state index contributed by atoms with van der Waals surface area (Å²) in [7, 11) is -1.89. The van der Waals surface area contributed by atoms with Gasteiger partial charge in [-0.1, -0.05) is 19.1 Å². The Morgan fingerprint density at radius 1 is 1.24 bits per heavy atom. The van der Waals surface area contributed by atoms with Gasteiger partial charge in [0, 0.05) is 51.0 Å². The number of aryl methyl sites for hydroxylation is 1. The van der Waals surface area contributed by atoms with E-state index in [2.05, 4.69) is 11.9 Å². The van der Waals surface area contributed by atoms with Crippen molar-refractivity contribution in [3.63, 3.8) is 0 Å². The van der Waals surface area contributed by atoms with Gasteiger partial charge in [0.15, 0.2) is 5.03 Å². The van der Waals surface area contributed by atoms with Crippen LogP contribution < -0.4 is 10.6 Å². The van der Waals surface area contributed by atoms with Crippen molar-refractivity contribution in [1.29, 1.82) is 5.41 Å². The molecule has 3 N–H and O–H groups in total. The van der Waals surface area contributed by atoms with Crippen molar-refractivity contribution in [1.82, 2.24) is 18.8 Å². The van der Waals surface area contributed by atoms with Crippen molar-refractivity contribution >= 4 is 27.6 Å². The minimum atomic E-state index is -3.56. The number of imidazole rings is 1. The molecule has 0 spiro atoms. The van der Waals surface area contributed by atoms with Crippen LogP contribution in [0, 0.1) is 17.2 Å². The van der Waals surface area contributed by atoms with E-state index in [0.29, 0.717) is 51.1 Å². The average molecular weight is 474 g/mol. The molecular weight excluding hydrogens is 442 g/mol. The summed E-state index contributed by atoms with van der Waals surface area (Å²) < 4.78 is 28.8. The van der Waals surface area contributed by atoms with Crippen molar-refractivity contribution in [2.24, 2.45) is 24.6 Å². The van der Waals surface area contributed by atoms with Gasteiger partial charge in [0.1, 0.15) is 5.84 Å². The van der Waals surface area contributed by atoms with Crippen LogP contribution in [0.15, 0.2) is 41.8 Å². The van der Waals surface area contributed by atoms with Crippen molar-refractivity contribution in [2.45, 2.75) is 24.8 Å². The number of nitrogens with zero attached hydrogens (tertiary/aromatic N) is 5. The Bertz CT molecular complexity index is 1140. The lowest BCUT2D eigenvalue weighted by Gasteiger charge is -2.41. The van der Waals surface area contributed by atoms with Crippen LogP contribution in [0.2, 0.25) is 0 Å². The molecule has 178 valence electrons. The fourth-order valence-corrected chi connectivity index (χ4v) is 6.21. The minimum Gasteiger partial charge on any atom is -0.384 e. The van der Waals surface area contributed by atoms with Gasteiger partial charge in [0.05, 0.1) is 12.5 Å². The molecular formula is C22H31N7O3S. The number of nitrogen functional groups attached to an aromatic ring is 1. The highest BCUT2D eigenvalue weighted by Gasteiger charge is 2.35. The molecule has 11 heteroatoms. The Kier molecular flexibility index (Phi) is 6.44. The van der Waals surface area contributed by atoms with Crippen molar-refractivity contribution in [3.05, 3.63) is 42.4 Å². The van der Waals surface area contributed by atoms with E-state index in [1.165, 1.54) is 21.4 Å². The number of carbonyl (C=O) groups excluding carboxylic acids is 1. The maximum Gasteiger partial charge on any atom is 0.324 e. The van der Waals surface area contributed by atoms with E-state index in [1.807, 2.05) is 11.0 Å². The lowest BCUT2D eigenvalue weighted by atomic mass is 9.96. The molecule has 2 amide bonds. The summed E-state index contributed by atoms with van der Waals surface area (Å²) in [5.74, 6) is 0.496. The molecule has 1 aromatic heterocycles.